The van der Waals surface area contributed by atoms with Crippen LogP contribution in [0.2, 0.25) is 0 Å². The van der Waals surface area contributed by atoms with Gasteiger partial charge in [-0.25, -0.2) is 0 Å². The zero-order chi connectivity index (χ0) is 55.1. The van der Waals surface area contributed by atoms with Crippen molar-refractivity contribution in [2.24, 2.45) is 45.3 Å². The summed E-state index contributed by atoms with van der Waals surface area (Å²) in [6.07, 6.45) is -22.1. The maximum atomic E-state index is 12.8. The van der Waals surface area contributed by atoms with Gasteiger partial charge in [0.15, 0.2) is 25.2 Å². The molecular weight excluding hydrogens is 989 g/mol. The summed E-state index contributed by atoms with van der Waals surface area (Å²) in [5, 5.41) is 151. The molecule has 4 aliphatic carbocycles. The van der Waals surface area contributed by atoms with Gasteiger partial charge in [0.2, 0.25) is 0 Å². The van der Waals surface area contributed by atoms with Gasteiger partial charge in [-0.05, 0) is 124 Å². The van der Waals surface area contributed by atoms with Crippen LogP contribution in [0.25, 0.3) is 0 Å². The Morgan fingerprint density at radius 2 is 1.08 bits per heavy atom. The highest BCUT2D eigenvalue weighted by Gasteiger charge is 2.72. The van der Waals surface area contributed by atoms with E-state index in [1.807, 2.05) is 20.8 Å². The molecule has 0 spiro atoms. The highest BCUT2D eigenvalue weighted by atomic mass is 16.8. The van der Waals surface area contributed by atoms with Crippen molar-refractivity contribution >= 4 is 0 Å². The monoisotopic (exact) mass is 1080 g/mol. The molecule has 8 fully saturated rings. The lowest BCUT2D eigenvalue weighted by Gasteiger charge is -2.71. The predicted octanol–water partition coefficient (Wildman–Crippen LogP) is -1.56. The molecule has 0 aromatic rings. The van der Waals surface area contributed by atoms with E-state index < -0.39 is 172 Å². The zero-order valence-electron chi connectivity index (χ0n) is 44.7. The van der Waals surface area contributed by atoms with E-state index in [4.69, 9.17) is 37.9 Å². The molecule has 14 N–H and O–H groups in total. The molecule has 0 aromatic carbocycles. The molecule has 8 aliphatic rings. The Morgan fingerprint density at radius 3 is 1.69 bits per heavy atom. The average Bonchev–Trinajstić information content (AvgIpc) is 3.89. The third-order valence-electron chi connectivity index (χ3n) is 20.5. The van der Waals surface area contributed by atoms with Crippen LogP contribution in [0, 0.1) is 45.3 Å². The lowest BCUT2D eigenvalue weighted by Crippen LogP contribution is -2.68. The predicted molar refractivity (Wildman–Crippen MR) is 260 cm³/mol. The van der Waals surface area contributed by atoms with Gasteiger partial charge in [0.05, 0.1) is 44.2 Å². The highest BCUT2D eigenvalue weighted by molar-refractivity contribution is 5.20. The standard InChI is InChI=1S/C53H90O22/c1-23(2)10-9-14-53(8,75-47-43(67)39(63)37(61)29(72-47)22-68-45-41(65)36(60)28(21-56)69-45)24-11-16-52(7)33(24)25(57)18-31-50(5)15-13-32(49(3,4)30(50)12-17-51(31,52)6)73-48-44(40(64)35(59)27(20-55)71-48)74-46-42(66)38(62)34(58)26(19-54)70-46/h10,24-48,54-67H,9,11-22H2,1-8H3/t24-,25+,26+,27+,28+,29+,30-,31+,32-,33-,34+,35+,36+,37+,38-,39-,40-,41-,42+,43-,44-,45+,46-,47+,48+,50+,51+,52+,53-/m1/s1. The summed E-state index contributed by atoms with van der Waals surface area (Å²) in [7, 11) is 0. The van der Waals surface area contributed by atoms with Crippen molar-refractivity contribution in [2.45, 2.75) is 248 Å². The summed E-state index contributed by atoms with van der Waals surface area (Å²) >= 11 is 0. The van der Waals surface area contributed by atoms with Gasteiger partial charge < -0.3 is 109 Å². The number of aliphatic hydroxyl groups is 14. The molecule has 0 amide bonds. The minimum absolute atomic E-state index is 0.0508. The van der Waals surface area contributed by atoms with Crippen LogP contribution >= 0.6 is 0 Å². The molecule has 434 valence electrons. The quantitative estimate of drug-likeness (QED) is 0.0614. The lowest BCUT2D eigenvalue weighted by atomic mass is 9.35. The summed E-state index contributed by atoms with van der Waals surface area (Å²) in [6.45, 7) is 14.9. The molecule has 0 bridgehead atoms. The minimum atomic E-state index is -1.81. The zero-order valence-corrected chi connectivity index (χ0v) is 44.7. The SMILES string of the molecule is CC(C)=CCC[C@@](C)(O[C@@H]1O[C@@H](CO[C@H]2O[C@@H](CO)[C@H](O)[C@H]2O)[C@H](O)[C@@H](O)[C@H]1O)[C@@H]1CC[C@@]2(C)[C@H]1[C@@H](O)C[C@H]1[C@@]3(C)CC[C@@H](O[C@@H]4O[C@@H](CO)[C@H](O)[C@@H](O)[C@H]4O[C@H]4O[C@@H](CO)[C@H](O)[C@@H](O)[C@@H]4O)C(C)(C)[C@H]3CC[C@@]12C. The van der Waals surface area contributed by atoms with Crippen LogP contribution in [-0.2, 0) is 37.9 Å². The highest BCUT2D eigenvalue weighted by Crippen LogP contribution is 2.76. The Labute approximate surface area is 439 Å². The van der Waals surface area contributed by atoms with Crippen LogP contribution < -0.4 is 0 Å². The van der Waals surface area contributed by atoms with Crippen LogP contribution in [0.15, 0.2) is 11.6 Å². The molecule has 8 rings (SSSR count). The third-order valence-corrected chi connectivity index (χ3v) is 20.5. The van der Waals surface area contributed by atoms with Gasteiger partial charge in [-0.2, -0.15) is 0 Å². The maximum Gasteiger partial charge on any atom is 0.187 e. The Hall–Kier alpha value is -1.14. The van der Waals surface area contributed by atoms with E-state index >= 15 is 0 Å². The molecule has 0 unspecified atom stereocenters. The summed E-state index contributed by atoms with van der Waals surface area (Å²) in [4.78, 5) is 0. The largest absolute Gasteiger partial charge is 0.394 e. The molecule has 29 atom stereocenters. The molecule has 4 saturated carbocycles. The summed E-state index contributed by atoms with van der Waals surface area (Å²) in [5.41, 5.74) is -1.47. The van der Waals surface area contributed by atoms with Crippen molar-refractivity contribution in [3.05, 3.63) is 11.6 Å². The lowest BCUT2D eigenvalue weighted by molar-refractivity contribution is -0.378. The molecule has 0 radical (unpaired) electrons. The van der Waals surface area contributed by atoms with Crippen molar-refractivity contribution in [1.82, 2.24) is 0 Å². The van der Waals surface area contributed by atoms with E-state index in [1.54, 1.807) is 0 Å². The van der Waals surface area contributed by atoms with Gasteiger partial charge >= 0.3 is 0 Å². The fourth-order valence-electron chi connectivity index (χ4n) is 16.1. The Bertz CT molecular complexity index is 1940. The number of allylic oxidation sites excluding steroid dienone is 2. The molecule has 22 nitrogen and oxygen atoms in total. The van der Waals surface area contributed by atoms with Gasteiger partial charge in [0.1, 0.15) is 91.6 Å². The van der Waals surface area contributed by atoms with Crippen molar-refractivity contribution in [3.63, 3.8) is 0 Å². The average molecular weight is 1080 g/mol. The van der Waals surface area contributed by atoms with Gasteiger partial charge in [-0.1, -0.05) is 46.3 Å². The normalized spacial score (nSPS) is 52.6. The molecule has 75 heavy (non-hydrogen) atoms. The first-order chi connectivity index (χ1) is 35.1. The molecule has 0 aromatic heterocycles. The smallest absolute Gasteiger partial charge is 0.187 e. The number of aliphatic hydroxyl groups excluding tert-OH is 14. The fraction of sp³-hybridized carbons (Fsp3) is 0.962. The van der Waals surface area contributed by atoms with Crippen LogP contribution in [0.4, 0.5) is 0 Å². The molecule has 4 heterocycles. The second-order valence-corrected chi connectivity index (χ2v) is 25.3. The number of rotatable bonds is 16. The van der Waals surface area contributed by atoms with Gasteiger partial charge in [0, 0.05) is 0 Å². The number of hydrogen-bond donors (Lipinski definition) is 14. The first kappa shape index (κ1) is 60.0. The summed E-state index contributed by atoms with van der Waals surface area (Å²) in [5.74, 6) is -0.394. The number of hydrogen-bond acceptors (Lipinski definition) is 22. The van der Waals surface area contributed by atoms with E-state index in [1.165, 1.54) is 0 Å². The molecule has 4 aliphatic heterocycles. The topological polar surface area (TPSA) is 357 Å². The van der Waals surface area contributed by atoms with Gasteiger partial charge in [0.25, 0.3) is 0 Å². The molecule has 22 heteroatoms. The first-order valence-corrected chi connectivity index (χ1v) is 27.3. The van der Waals surface area contributed by atoms with Crippen molar-refractivity contribution < 1.29 is 109 Å². The molecule has 4 saturated heterocycles. The first-order valence-electron chi connectivity index (χ1n) is 27.3. The van der Waals surface area contributed by atoms with Crippen LogP contribution in [-0.4, -0.2) is 232 Å². The second-order valence-electron chi connectivity index (χ2n) is 25.3. The third kappa shape index (κ3) is 10.5. The van der Waals surface area contributed by atoms with Crippen molar-refractivity contribution in [1.29, 1.82) is 0 Å². The van der Waals surface area contributed by atoms with Crippen LogP contribution in [0.3, 0.4) is 0 Å². The van der Waals surface area contributed by atoms with E-state index in [0.717, 1.165) is 24.8 Å². The van der Waals surface area contributed by atoms with Crippen LogP contribution in [0.5, 0.6) is 0 Å². The van der Waals surface area contributed by atoms with E-state index in [0.29, 0.717) is 38.5 Å². The van der Waals surface area contributed by atoms with E-state index in [2.05, 4.69) is 40.7 Å². The van der Waals surface area contributed by atoms with Crippen molar-refractivity contribution in [2.75, 3.05) is 26.4 Å². The number of fused-ring (bicyclic) bond motifs is 5. The number of ether oxygens (including phenoxy) is 8. The Morgan fingerprint density at radius 1 is 0.560 bits per heavy atom. The Balaban J connectivity index is 1.01. The second kappa shape index (κ2) is 22.7. The van der Waals surface area contributed by atoms with E-state index in [9.17, 15) is 71.5 Å². The molecular formula is C53H90O22. The maximum absolute atomic E-state index is 12.8. The fourth-order valence-corrected chi connectivity index (χ4v) is 16.1. The van der Waals surface area contributed by atoms with Crippen molar-refractivity contribution in [3.8, 4) is 0 Å². The van der Waals surface area contributed by atoms with E-state index in [-0.39, 0.29) is 34.5 Å². The van der Waals surface area contributed by atoms with Crippen LogP contribution in [0.1, 0.15) is 113 Å². The summed E-state index contributed by atoms with van der Waals surface area (Å²) in [6, 6.07) is 0. The summed E-state index contributed by atoms with van der Waals surface area (Å²) < 4.78 is 48.9. The Kier molecular flexibility index (Phi) is 18.1. The van der Waals surface area contributed by atoms with Gasteiger partial charge in [-0.3, -0.25) is 0 Å². The van der Waals surface area contributed by atoms with Gasteiger partial charge in [-0.15, -0.1) is 0 Å². The minimum Gasteiger partial charge on any atom is -0.394 e.